The van der Waals surface area contributed by atoms with Gasteiger partial charge in [-0.2, -0.15) is 5.10 Å². The van der Waals surface area contributed by atoms with Crippen LogP contribution < -0.4 is 4.72 Å². The molecule has 0 amide bonds. The number of hydrogen-bond acceptors (Lipinski definition) is 6. The highest BCUT2D eigenvalue weighted by Crippen LogP contribution is 2.46. The second-order valence-corrected chi connectivity index (χ2v) is 9.27. The van der Waals surface area contributed by atoms with Crippen molar-refractivity contribution in [1.82, 2.24) is 34.0 Å². The molecule has 1 aliphatic rings. The number of nitrogens with zero attached hydrogens (tertiary/aromatic N) is 6. The van der Waals surface area contributed by atoms with Gasteiger partial charge in [0.2, 0.25) is 0 Å². The van der Waals surface area contributed by atoms with Crippen LogP contribution in [0.4, 0.5) is 4.39 Å². The van der Waals surface area contributed by atoms with Gasteiger partial charge >= 0.3 is 0 Å². The molecule has 176 valence electrons. The molecule has 11 heteroatoms. The maximum Gasteiger partial charge on any atom is 0.141 e. The van der Waals surface area contributed by atoms with Crippen LogP contribution in [0.15, 0.2) is 67.4 Å². The number of nitrogens with one attached hydrogen (secondary N) is 1. The zero-order valence-electron chi connectivity index (χ0n) is 18.6. The van der Waals surface area contributed by atoms with E-state index in [1.54, 1.807) is 29.3 Å². The number of fused-ring (bicyclic) bond motifs is 1. The molecular weight excluding hydrogens is 469 g/mol. The quantitative estimate of drug-likeness (QED) is 0.367. The molecule has 6 rings (SSSR count). The standard InChI is InChI=1S/C24H20FN7O2S/c1-31-13-17(11-28-31)15-2-5-21-20(8-15)27-14-32(21)23-10-16(19-4-3-18(25)12-26-19)9-22(29-23)24(6-7-24)30-35(33)34/h2-5,8-14,30H,6-7H2,1H3,(H,33,34)/p-1. The number of benzene rings is 1. The zero-order valence-corrected chi connectivity index (χ0v) is 19.4. The molecule has 0 bridgehead atoms. The highest BCUT2D eigenvalue weighted by Gasteiger charge is 2.46. The third-order valence-corrected chi connectivity index (χ3v) is 6.74. The van der Waals surface area contributed by atoms with Gasteiger partial charge in [-0.25, -0.2) is 19.1 Å². The van der Waals surface area contributed by atoms with Crippen molar-refractivity contribution in [1.29, 1.82) is 0 Å². The first kappa shape index (κ1) is 21.7. The van der Waals surface area contributed by atoms with Gasteiger partial charge in [-0.1, -0.05) is 6.07 Å². The number of aromatic nitrogens is 6. The van der Waals surface area contributed by atoms with Gasteiger partial charge in [0.1, 0.15) is 18.0 Å². The summed E-state index contributed by atoms with van der Waals surface area (Å²) in [7, 11) is 1.87. The maximum atomic E-state index is 13.5. The summed E-state index contributed by atoms with van der Waals surface area (Å²) in [5.41, 5.74) is 4.66. The zero-order chi connectivity index (χ0) is 24.2. The first-order chi connectivity index (χ1) is 16.9. The molecule has 1 aliphatic carbocycles. The van der Waals surface area contributed by atoms with E-state index in [4.69, 9.17) is 4.98 Å². The van der Waals surface area contributed by atoms with Gasteiger partial charge in [-0.3, -0.25) is 18.4 Å². The van der Waals surface area contributed by atoms with E-state index in [1.807, 2.05) is 42.1 Å². The van der Waals surface area contributed by atoms with Gasteiger partial charge in [0, 0.05) is 35.6 Å². The summed E-state index contributed by atoms with van der Waals surface area (Å²) in [5, 5.41) is 4.23. The minimum absolute atomic E-state index is 0.435. The minimum Gasteiger partial charge on any atom is -0.760 e. The Morgan fingerprint density at radius 1 is 1.06 bits per heavy atom. The number of imidazole rings is 1. The number of rotatable bonds is 6. The van der Waals surface area contributed by atoms with Crippen LogP contribution in [-0.2, 0) is 23.9 Å². The predicted molar refractivity (Wildman–Crippen MR) is 127 cm³/mol. The van der Waals surface area contributed by atoms with Crippen molar-refractivity contribution in [3.63, 3.8) is 0 Å². The van der Waals surface area contributed by atoms with Crippen molar-refractivity contribution in [3.05, 3.63) is 78.9 Å². The molecule has 1 unspecified atom stereocenters. The summed E-state index contributed by atoms with van der Waals surface area (Å²) in [6.07, 6.45) is 7.84. The summed E-state index contributed by atoms with van der Waals surface area (Å²) in [4.78, 5) is 13.6. The fourth-order valence-corrected chi connectivity index (χ4v) is 4.85. The van der Waals surface area contributed by atoms with Gasteiger partial charge in [-0.05, 0) is 54.8 Å². The van der Waals surface area contributed by atoms with Crippen molar-refractivity contribution < 1.29 is 13.2 Å². The Morgan fingerprint density at radius 2 is 1.91 bits per heavy atom. The average molecular weight is 489 g/mol. The van der Waals surface area contributed by atoms with Crippen molar-refractivity contribution >= 4 is 22.3 Å². The highest BCUT2D eigenvalue weighted by atomic mass is 32.2. The summed E-state index contributed by atoms with van der Waals surface area (Å²) in [6.45, 7) is 0. The van der Waals surface area contributed by atoms with Crippen LogP contribution in [0.1, 0.15) is 18.5 Å². The van der Waals surface area contributed by atoms with Crippen LogP contribution in [0.2, 0.25) is 0 Å². The first-order valence-electron chi connectivity index (χ1n) is 10.9. The van der Waals surface area contributed by atoms with Crippen LogP contribution in [0.3, 0.4) is 0 Å². The molecule has 4 aromatic heterocycles. The van der Waals surface area contributed by atoms with Gasteiger partial charge in [-0.15, -0.1) is 0 Å². The number of aryl methyl sites for hydroxylation is 1. The molecule has 5 aromatic rings. The van der Waals surface area contributed by atoms with E-state index >= 15 is 0 Å². The fraction of sp³-hybridized carbons (Fsp3) is 0.167. The van der Waals surface area contributed by atoms with E-state index in [-0.39, 0.29) is 0 Å². The minimum atomic E-state index is -2.44. The van der Waals surface area contributed by atoms with Crippen molar-refractivity contribution in [2.45, 2.75) is 18.4 Å². The fourth-order valence-electron chi connectivity index (χ4n) is 4.22. The lowest BCUT2D eigenvalue weighted by atomic mass is 10.1. The summed E-state index contributed by atoms with van der Waals surface area (Å²) in [6, 6.07) is 12.5. The lowest BCUT2D eigenvalue weighted by molar-refractivity contribution is 0.498. The molecule has 9 nitrogen and oxygen atoms in total. The first-order valence-corrected chi connectivity index (χ1v) is 12.0. The van der Waals surface area contributed by atoms with E-state index in [9.17, 15) is 13.2 Å². The molecule has 1 fully saturated rings. The normalized spacial score (nSPS) is 15.4. The second-order valence-electron chi connectivity index (χ2n) is 8.60. The molecule has 0 spiro atoms. The molecule has 0 radical (unpaired) electrons. The molecule has 1 N–H and O–H groups in total. The third-order valence-electron chi connectivity index (χ3n) is 6.19. The van der Waals surface area contributed by atoms with Crippen LogP contribution in [-0.4, -0.2) is 38.1 Å². The van der Waals surface area contributed by atoms with Crippen molar-refractivity contribution in [3.8, 4) is 28.2 Å². The lowest BCUT2D eigenvalue weighted by Gasteiger charge is -2.20. The van der Waals surface area contributed by atoms with E-state index in [0.717, 1.165) is 28.4 Å². The second kappa shape index (κ2) is 8.15. The van der Waals surface area contributed by atoms with Gasteiger partial charge in [0.15, 0.2) is 0 Å². The molecule has 4 heterocycles. The van der Waals surface area contributed by atoms with Crippen LogP contribution in [0, 0.1) is 5.82 Å². The Balaban J connectivity index is 1.48. The average Bonchev–Trinajstić information content (AvgIpc) is 3.29. The molecule has 35 heavy (non-hydrogen) atoms. The highest BCUT2D eigenvalue weighted by molar-refractivity contribution is 7.77. The van der Waals surface area contributed by atoms with Gasteiger partial charge < -0.3 is 4.55 Å². The number of pyridine rings is 2. The third kappa shape index (κ3) is 4.03. The monoisotopic (exact) mass is 488 g/mol. The summed E-state index contributed by atoms with van der Waals surface area (Å²) < 4.78 is 42.6. The predicted octanol–water partition coefficient (Wildman–Crippen LogP) is 3.39. The van der Waals surface area contributed by atoms with E-state index in [2.05, 4.69) is 19.8 Å². The Bertz CT molecular complexity index is 1590. The van der Waals surface area contributed by atoms with Crippen molar-refractivity contribution in [2.75, 3.05) is 0 Å². The Kier molecular flexibility index (Phi) is 5.06. The molecule has 1 saturated carbocycles. The van der Waals surface area contributed by atoms with E-state index in [0.29, 0.717) is 35.6 Å². The largest absolute Gasteiger partial charge is 0.760 e. The van der Waals surface area contributed by atoms with Crippen LogP contribution in [0.5, 0.6) is 0 Å². The Labute approximate surface area is 202 Å². The lowest BCUT2D eigenvalue weighted by Crippen LogP contribution is -2.31. The molecule has 0 aliphatic heterocycles. The molecule has 0 saturated heterocycles. The summed E-state index contributed by atoms with van der Waals surface area (Å²) in [5.74, 6) is 0.125. The molecular formula is C24H19FN7O2S-. The Morgan fingerprint density at radius 3 is 2.60 bits per heavy atom. The topological polar surface area (TPSA) is 114 Å². The molecule has 1 aromatic carbocycles. The Hall–Kier alpha value is -3.80. The van der Waals surface area contributed by atoms with Crippen LogP contribution in [0.25, 0.3) is 39.2 Å². The van der Waals surface area contributed by atoms with E-state index in [1.165, 1.54) is 6.07 Å². The summed E-state index contributed by atoms with van der Waals surface area (Å²) >= 11 is -2.44. The number of hydrogen-bond donors (Lipinski definition) is 1. The van der Waals surface area contributed by atoms with Gasteiger partial charge in [0.05, 0.1) is 40.4 Å². The van der Waals surface area contributed by atoms with Crippen LogP contribution >= 0.6 is 0 Å². The SMILES string of the molecule is Cn1cc(-c2ccc3c(c2)ncn3-c2cc(-c3ccc(F)cn3)cc(C3(NS(=O)[O-])CC3)n2)cn1. The number of halogens is 1. The van der Waals surface area contributed by atoms with Gasteiger partial charge in [0.25, 0.3) is 0 Å². The smallest absolute Gasteiger partial charge is 0.141 e. The molecule has 1 atom stereocenters. The van der Waals surface area contributed by atoms with E-state index < -0.39 is 22.6 Å². The maximum absolute atomic E-state index is 13.5. The van der Waals surface area contributed by atoms with Crippen molar-refractivity contribution in [2.24, 2.45) is 7.05 Å².